The van der Waals surface area contributed by atoms with Crippen LogP contribution in [0.4, 0.5) is 0 Å². The van der Waals surface area contributed by atoms with Gasteiger partial charge in [-0.3, -0.25) is 9.00 Å². The highest BCUT2D eigenvalue weighted by Crippen LogP contribution is 2.22. The fourth-order valence-corrected chi connectivity index (χ4v) is 4.22. The molecule has 1 heterocycles. The highest BCUT2D eigenvalue weighted by atomic mass is 35.5. The maximum Gasteiger partial charge on any atom is 0.287 e. The molecule has 0 fully saturated rings. The summed E-state index contributed by atoms with van der Waals surface area (Å²) >= 11 is 6.08. The molecule has 1 atom stereocenters. The molecular weight excluding hydrogens is 410 g/mol. The van der Waals surface area contributed by atoms with Crippen molar-refractivity contribution >= 4 is 28.3 Å². The standard InChI is InChI=1S/C22H22ClNO4S/c1-2-27-17-9-7-16(8-10-17)13-14-24-22(25)20-12-11-18(28-20)15-29(26)21-6-4-3-5-19(21)23/h3-12H,2,13-15H2,1H3,(H,24,25)/t29-/m0/s1. The summed E-state index contributed by atoms with van der Waals surface area (Å²) in [6.45, 7) is 3.05. The van der Waals surface area contributed by atoms with E-state index in [9.17, 15) is 9.00 Å². The molecule has 152 valence electrons. The van der Waals surface area contributed by atoms with E-state index in [0.29, 0.717) is 35.3 Å². The van der Waals surface area contributed by atoms with Gasteiger partial charge in [0.05, 0.1) is 33.1 Å². The molecule has 0 aliphatic heterocycles. The molecule has 0 aliphatic carbocycles. The van der Waals surface area contributed by atoms with Gasteiger partial charge in [-0.1, -0.05) is 35.9 Å². The second-order valence-electron chi connectivity index (χ2n) is 6.27. The second kappa shape index (κ2) is 10.3. The van der Waals surface area contributed by atoms with Gasteiger partial charge in [0.25, 0.3) is 5.91 Å². The molecule has 7 heteroatoms. The number of hydrogen-bond donors (Lipinski definition) is 1. The molecule has 0 aliphatic rings. The van der Waals surface area contributed by atoms with Gasteiger partial charge in [-0.25, -0.2) is 0 Å². The predicted molar refractivity (Wildman–Crippen MR) is 114 cm³/mol. The minimum absolute atomic E-state index is 0.156. The number of halogens is 1. The van der Waals surface area contributed by atoms with E-state index in [-0.39, 0.29) is 17.4 Å². The van der Waals surface area contributed by atoms with E-state index in [1.54, 1.807) is 36.4 Å². The van der Waals surface area contributed by atoms with Crippen molar-refractivity contribution in [3.8, 4) is 5.75 Å². The van der Waals surface area contributed by atoms with Gasteiger partial charge in [0.15, 0.2) is 5.76 Å². The van der Waals surface area contributed by atoms with Crippen LogP contribution in [0.5, 0.6) is 5.75 Å². The lowest BCUT2D eigenvalue weighted by Gasteiger charge is -2.06. The van der Waals surface area contributed by atoms with E-state index < -0.39 is 10.8 Å². The van der Waals surface area contributed by atoms with Gasteiger partial charge in [0.1, 0.15) is 11.5 Å². The van der Waals surface area contributed by atoms with Crippen molar-refractivity contribution in [3.05, 3.63) is 82.8 Å². The van der Waals surface area contributed by atoms with Crippen molar-refractivity contribution in [1.29, 1.82) is 0 Å². The van der Waals surface area contributed by atoms with Gasteiger partial charge in [-0.2, -0.15) is 0 Å². The van der Waals surface area contributed by atoms with Gasteiger partial charge in [0.2, 0.25) is 0 Å². The summed E-state index contributed by atoms with van der Waals surface area (Å²) in [4.78, 5) is 12.8. The van der Waals surface area contributed by atoms with Gasteiger partial charge in [-0.05, 0) is 55.3 Å². The molecule has 1 aromatic heterocycles. The van der Waals surface area contributed by atoms with Crippen molar-refractivity contribution in [1.82, 2.24) is 5.32 Å². The number of rotatable bonds is 9. The van der Waals surface area contributed by atoms with Crippen LogP contribution >= 0.6 is 11.6 Å². The molecule has 5 nitrogen and oxygen atoms in total. The van der Waals surface area contributed by atoms with Crippen LogP contribution in [0.1, 0.15) is 28.8 Å². The van der Waals surface area contributed by atoms with Crippen LogP contribution in [0.3, 0.4) is 0 Å². The lowest BCUT2D eigenvalue weighted by Crippen LogP contribution is -2.25. The van der Waals surface area contributed by atoms with Crippen LogP contribution in [-0.2, 0) is 23.0 Å². The molecule has 2 aromatic carbocycles. The van der Waals surface area contributed by atoms with Crippen LogP contribution in [0, 0.1) is 0 Å². The predicted octanol–water partition coefficient (Wildman–Crippen LogP) is 4.61. The first-order chi connectivity index (χ1) is 14.1. The Morgan fingerprint density at radius 1 is 1.10 bits per heavy atom. The van der Waals surface area contributed by atoms with Crippen molar-refractivity contribution in [3.63, 3.8) is 0 Å². The Labute approximate surface area is 177 Å². The maximum absolute atomic E-state index is 12.5. The first-order valence-corrected chi connectivity index (χ1v) is 11.0. The average molecular weight is 432 g/mol. The van der Waals surface area contributed by atoms with E-state index in [0.717, 1.165) is 11.3 Å². The summed E-state index contributed by atoms with van der Waals surface area (Å²) < 4.78 is 23.4. The van der Waals surface area contributed by atoms with Crippen LogP contribution < -0.4 is 10.1 Å². The van der Waals surface area contributed by atoms with Gasteiger partial charge >= 0.3 is 0 Å². The molecule has 0 saturated heterocycles. The summed E-state index contributed by atoms with van der Waals surface area (Å²) in [7, 11) is -1.35. The second-order valence-corrected chi connectivity index (χ2v) is 8.10. The molecule has 3 aromatic rings. The monoisotopic (exact) mass is 431 g/mol. The normalized spacial score (nSPS) is 11.8. The van der Waals surface area contributed by atoms with Crippen LogP contribution in [0.15, 0.2) is 70.0 Å². The third-order valence-electron chi connectivity index (χ3n) is 4.17. The zero-order valence-electron chi connectivity index (χ0n) is 16.0. The molecule has 0 bridgehead atoms. The van der Waals surface area contributed by atoms with Crippen molar-refractivity contribution < 1.29 is 18.2 Å². The van der Waals surface area contributed by atoms with E-state index in [2.05, 4.69) is 5.32 Å². The van der Waals surface area contributed by atoms with Crippen LogP contribution in [0.25, 0.3) is 0 Å². The fourth-order valence-electron chi connectivity index (χ4n) is 2.74. The molecule has 0 radical (unpaired) electrons. The van der Waals surface area contributed by atoms with Crippen molar-refractivity contribution in [2.75, 3.05) is 13.2 Å². The Kier molecular flexibility index (Phi) is 7.49. The maximum atomic E-state index is 12.5. The molecule has 1 amide bonds. The number of carbonyl (C=O) groups is 1. The number of nitrogens with one attached hydrogen (secondary N) is 1. The number of benzene rings is 2. The molecular formula is C22H22ClNO4S. The molecule has 29 heavy (non-hydrogen) atoms. The topological polar surface area (TPSA) is 68.5 Å². The van der Waals surface area contributed by atoms with E-state index >= 15 is 0 Å². The summed E-state index contributed by atoms with van der Waals surface area (Å²) in [5, 5.41) is 3.28. The summed E-state index contributed by atoms with van der Waals surface area (Å²) in [5.74, 6) is 1.36. The lowest BCUT2D eigenvalue weighted by molar-refractivity contribution is 0.0925. The number of carbonyl (C=O) groups excluding carboxylic acids is 1. The minimum Gasteiger partial charge on any atom is -0.494 e. The fraction of sp³-hybridized carbons (Fsp3) is 0.227. The number of furan rings is 1. The Hall–Kier alpha value is -2.57. The molecule has 0 unspecified atom stereocenters. The summed E-state index contributed by atoms with van der Waals surface area (Å²) in [6, 6.07) is 18.0. The largest absolute Gasteiger partial charge is 0.494 e. The van der Waals surface area contributed by atoms with Gasteiger partial charge < -0.3 is 14.5 Å². The number of ether oxygens (including phenoxy) is 1. The Bertz CT molecular complexity index is 984. The zero-order valence-corrected chi connectivity index (χ0v) is 17.6. The third kappa shape index (κ3) is 5.95. The average Bonchev–Trinajstić information content (AvgIpc) is 3.18. The summed E-state index contributed by atoms with van der Waals surface area (Å²) in [6.07, 6.45) is 0.697. The minimum atomic E-state index is -1.35. The van der Waals surface area contributed by atoms with E-state index in [1.807, 2.05) is 31.2 Å². The summed E-state index contributed by atoms with van der Waals surface area (Å²) in [5.41, 5.74) is 1.10. The van der Waals surface area contributed by atoms with E-state index in [1.165, 1.54) is 0 Å². The van der Waals surface area contributed by atoms with Gasteiger partial charge in [0, 0.05) is 6.54 Å². The zero-order chi connectivity index (χ0) is 20.6. The Morgan fingerprint density at radius 3 is 2.59 bits per heavy atom. The smallest absolute Gasteiger partial charge is 0.287 e. The quantitative estimate of drug-likeness (QED) is 0.537. The first-order valence-electron chi connectivity index (χ1n) is 9.28. The Morgan fingerprint density at radius 2 is 1.86 bits per heavy atom. The van der Waals surface area contributed by atoms with Crippen LogP contribution in [-0.4, -0.2) is 23.3 Å². The first kappa shape index (κ1) is 21.1. The Balaban J connectivity index is 1.50. The number of hydrogen-bond acceptors (Lipinski definition) is 4. The van der Waals surface area contributed by atoms with Crippen molar-refractivity contribution in [2.24, 2.45) is 0 Å². The molecule has 1 N–H and O–H groups in total. The van der Waals surface area contributed by atoms with E-state index in [4.69, 9.17) is 20.8 Å². The van der Waals surface area contributed by atoms with Crippen molar-refractivity contribution in [2.45, 2.75) is 24.0 Å². The highest BCUT2D eigenvalue weighted by Gasteiger charge is 2.14. The molecule has 0 saturated carbocycles. The SMILES string of the molecule is CCOc1ccc(CCNC(=O)c2ccc(C[S@](=O)c3ccccc3Cl)o2)cc1. The highest BCUT2D eigenvalue weighted by molar-refractivity contribution is 7.84. The van der Waals surface area contributed by atoms with Gasteiger partial charge in [-0.15, -0.1) is 0 Å². The number of amides is 1. The molecule has 0 spiro atoms. The molecule has 3 rings (SSSR count). The third-order valence-corrected chi connectivity index (χ3v) is 6.01. The van der Waals surface area contributed by atoms with Crippen LogP contribution in [0.2, 0.25) is 5.02 Å². The lowest BCUT2D eigenvalue weighted by atomic mass is 10.1.